The Hall–Kier alpha value is -2.39. The van der Waals surface area contributed by atoms with Gasteiger partial charge in [0.05, 0.1) is 17.3 Å². The van der Waals surface area contributed by atoms with Crippen LogP contribution in [0.25, 0.3) is 10.9 Å². The van der Waals surface area contributed by atoms with Crippen LogP contribution < -0.4 is 10.6 Å². The Labute approximate surface area is 219 Å². The molecule has 8 heteroatoms. The van der Waals surface area contributed by atoms with E-state index < -0.39 is 17.3 Å². The van der Waals surface area contributed by atoms with E-state index in [2.05, 4.69) is 45.4 Å². The minimum absolute atomic E-state index is 0.103. The Kier molecular flexibility index (Phi) is 8.63. The fourth-order valence-electron chi connectivity index (χ4n) is 6.56. The highest BCUT2D eigenvalue weighted by atomic mass is 16.3. The minimum atomic E-state index is -1.31. The molecule has 6 atom stereocenters. The van der Waals surface area contributed by atoms with Gasteiger partial charge >= 0.3 is 0 Å². The lowest BCUT2D eigenvalue weighted by atomic mass is 9.73. The number of aliphatic imine (C=N–C) groups is 1. The molecule has 2 fully saturated rings. The molecule has 37 heavy (non-hydrogen) atoms. The highest BCUT2D eigenvalue weighted by Gasteiger charge is 2.59. The van der Waals surface area contributed by atoms with Gasteiger partial charge in [0.25, 0.3) is 0 Å². The molecular weight excluding hydrogens is 468 g/mol. The number of hydrogen-bond donors (Lipinski definition) is 7. The summed E-state index contributed by atoms with van der Waals surface area (Å²) in [4.78, 5) is 7.68. The molecule has 1 aromatic carbocycles. The molecule has 0 amide bonds. The number of nitrogens with one attached hydrogen (secondary N) is 3. The van der Waals surface area contributed by atoms with Crippen LogP contribution >= 0.6 is 0 Å². The van der Waals surface area contributed by atoms with E-state index in [0.717, 1.165) is 29.6 Å². The second-order valence-corrected chi connectivity index (χ2v) is 11.3. The van der Waals surface area contributed by atoms with Gasteiger partial charge in [-0.05, 0) is 80.7 Å². The van der Waals surface area contributed by atoms with E-state index in [1.807, 2.05) is 19.1 Å². The van der Waals surface area contributed by atoms with E-state index in [1.165, 1.54) is 5.39 Å². The Morgan fingerprint density at radius 2 is 1.92 bits per heavy atom. The van der Waals surface area contributed by atoms with Crippen LogP contribution in [0.3, 0.4) is 0 Å². The predicted octanol–water partition coefficient (Wildman–Crippen LogP) is 2.48. The van der Waals surface area contributed by atoms with Gasteiger partial charge in [0.1, 0.15) is 0 Å². The molecule has 2 saturated carbocycles. The maximum absolute atomic E-state index is 11.9. The molecule has 0 aliphatic heterocycles. The summed E-state index contributed by atoms with van der Waals surface area (Å²) in [6.45, 7) is 7.43. The number of H-pyrrole nitrogens is 1. The largest absolute Gasteiger partial charge is 0.396 e. The first-order chi connectivity index (χ1) is 17.7. The van der Waals surface area contributed by atoms with Gasteiger partial charge in [0, 0.05) is 44.4 Å². The van der Waals surface area contributed by atoms with Gasteiger partial charge in [-0.25, -0.2) is 0 Å². The average Bonchev–Trinajstić information content (AvgIpc) is 3.34. The number of allylic oxidation sites excluding steroid dienone is 1. The fourth-order valence-corrected chi connectivity index (χ4v) is 6.56. The summed E-state index contributed by atoms with van der Waals surface area (Å²) >= 11 is 0. The molecule has 2 aliphatic rings. The smallest absolute Gasteiger partial charge is 0.190 e. The zero-order valence-electron chi connectivity index (χ0n) is 22.2. The number of hydrogen-bond acceptors (Lipinski definition) is 5. The summed E-state index contributed by atoms with van der Waals surface area (Å²) in [5.74, 6) is 0.320. The predicted molar refractivity (Wildman–Crippen MR) is 147 cm³/mol. The molecule has 2 aliphatic carbocycles. The number of para-hydroxylation sites is 1. The lowest BCUT2D eigenvalue weighted by Crippen LogP contribution is -2.49. The van der Waals surface area contributed by atoms with Gasteiger partial charge < -0.3 is 36.0 Å². The molecule has 7 N–H and O–H groups in total. The number of rotatable bonds is 9. The number of fused-ring (bicyclic) bond motifs is 2. The quantitative estimate of drug-likeness (QED) is 0.120. The van der Waals surface area contributed by atoms with Crippen LogP contribution in [-0.4, -0.2) is 75.4 Å². The number of aromatic nitrogens is 1. The van der Waals surface area contributed by atoms with E-state index in [1.54, 1.807) is 7.05 Å². The Bertz CT molecular complexity index is 1060. The number of nitrogens with zero attached hydrogens (tertiary/aromatic N) is 1. The van der Waals surface area contributed by atoms with Gasteiger partial charge in [0.2, 0.25) is 0 Å². The van der Waals surface area contributed by atoms with Crippen LogP contribution in [0.1, 0.15) is 51.1 Å². The molecule has 2 aromatic rings. The zero-order chi connectivity index (χ0) is 26.6. The van der Waals surface area contributed by atoms with Crippen molar-refractivity contribution in [3.63, 3.8) is 0 Å². The van der Waals surface area contributed by atoms with Crippen molar-refractivity contribution in [3.05, 3.63) is 48.2 Å². The van der Waals surface area contributed by atoms with Crippen molar-refractivity contribution in [2.75, 3.05) is 26.7 Å². The Morgan fingerprint density at radius 1 is 1.16 bits per heavy atom. The molecule has 0 unspecified atom stereocenters. The van der Waals surface area contributed by atoms with E-state index in [-0.39, 0.29) is 24.4 Å². The third-order valence-electron chi connectivity index (χ3n) is 8.77. The average molecular weight is 513 g/mol. The van der Waals surface area contributed by atoms with Gasteiger partial charge in [-0.1, -0.05) is 30.4 Å². The van der Waals surface area contributed by atoms with Crippen molar-refractivity contribution in [2.45, 2.75) is 69.2 Å². The molecular formula is C29H44N4O4. The van der Waals surface area contributed by atoms with E-state index in [0.29, 0.717) is 51.2 Å². The zero-order valence-corrected chi connectivity index (χ0v) is 22.2. The summed E-state index contributed by atoms with van der Waals surface area (Å²) < 4.78 is 0. The van der Waals surface area contributed by atoms with Crippen LogP contribution in [0.2, 0.25) is 0 Å². The second-order valence-electron chi connectivity index (χ2n) is 11.3. The van der Waals surface area contributed by atoms with Crippen molar-refractivity contribution in [2.24, 2.45) is 22.7 Å². The number of aliphatic hydroxyl groups is 4. The second kappa shape index (κ2) is 11.6. The standard InChI is InChI=1S/C29H44N4O4/c1-19(15-22-16-21-7-4-5-8-25(21)33-22)20-9-10-28(2,36)23-18-26(35)29(37,24(23)17-20)11-13-32-27(30-3)31-12-6-14-34/h4-5,7-8,16,20,23-24,26,33-37H,1,6,9-15,17-18H2,2-3H3,(H2,30,31,32)/t20-,23-,24-,26-,28+,29+/m0/s1. The first-order valence-corrected chi connectivity index (χ1v) is 13.6. The van der Waals surface area contributed by atoms with Crippen LogP contribution in [0.5, 0.6) is 0 Å². The summed E-state index contributed by atoms with van der Waals surface area (Å²) in [6.07, 6.45) is 3.28. The van der Waals surface area contributed by atoms with Crippen LogP contribution in [-0.2, 0) is 6.42 Å². The molecule has 0 saturated heterocycles. The molecule has 1 heterocycles. The van der Waals surface area contributed by atoms with E-state index in [9.17, 15) is 15.3 Å². The van der Waals surface area contributed by atoms with Crippen molar-refractivity contribution < 1.29 is 20.4 Å². The van der Waals surface area contributed by atoms with Gasteiger partial charge in [-0.15, -0.1) is 0 Å². The fraction of sp³-hybridized carbons (Fsp3) is 0.621. The minimum Gasteiger partial charge on any atom is -0.396 e. The normalized spacial score (nSPS) is 32.2. The maximum atomic E-state index is 11.9. The Morgan fingerprint density at radius 3 is 2.65 bits per heavy atom. The monoisotopic (exact) mass is 512 g/mol. The molecule has 4 rings (SSSR count). The summed E-state index contributed by atoms with van der Waals surface area (Å²) in [5, 5.41) is 50.8. The van der Waals surface area contributed by atoms with E-state index >= 15 is 0 Å². The molecule has 0 spiro atoms. The molecule has 204 valence electrons. The summed E-state index contributed by atoms with van der Waals surface area (Å²) in [5.41, 5.74) is 1.05. The first kappa shape index (κ1) is 27.6. The number of benzene rings is 1. The van der Waals surface area contributed by atoms with Gasteiger partial charge in [-0.2, -0.15) is 0 Å². The lowest BCUT2D eigenvalue weighted by molar-refractivity contribution is -0.0997. The van der Waals surface area contributed by atoms with Crippen molar-refractivity contribution in [3.8, 4) is 0 Å². The highest BCUT2D eigenvalue weighted by Crippen LogP contribution is 2.54. The van der Waals surface area contributed by atoms with Crippen LogP contribution in [0, 0.1) is 17.8 Å². The van der Waals surface area contributed by atoms with Gasteiger partial charge in [0.15, 0.2) is 5.96 Å². The first-order valence-electron chi connectivity index (χ1n) is 13.6. The molecule has 0 radical (unpaired) electrons. The molecule has 1 aromatic heterocycles. The topological polar surface area (TPSA) is 133 Å². The van der Waals surface area contributed by atoms with Crippen molar-refractivity contribution in [1.29, 1.82) is 0 Å². The molecule has 8 nitrogen and oxygen atoms in total. The molecule has 0 bridgehead atoms. The number of guanidine groups is 1. The summed E-state index contributed by atoms with van der Waals surface area (Å²) in [7, 11) is 1.68. The lowest BCUT2D eigenvalue weighted by Gasteiger charge is -2.38. The van der Waals surface area contributed by atoms with Crippen LogP contribution in [0.4, 0.5) is 0 Å². The van der Waals surface area contributed by atoms with Crippen molar-refractivity contribution in [1.82, 2.24) is 15.6 Å². The highest BCUT2D eigenvalue weighted by molar-refractivity contribution is 5.80. The third kappa shape index (κ3) is 6.03. The third-order valence-corrected chi connectivity index (χ3v) is 8.77. The van der Waals surface area contributed by atoms with Crippen molar-refractivity contribution >= 4 is 16.9 Å². The SMILES string of the molecule is C=C(Cc1cc2ccccc2[nH]1)[C@H]1CC[C@@](C)(O)[C@H]2C[C@H](O)[C@@](O)(CCNC(=NC)NCCCO)[C@H]2C1. The van der Waals surface area contributed by atoms with Gasteiger partial charge in [-0.3, -0.25) is 4.99 Å². The van der Waals surface area contributed by atoms with E-state index in [4.69, 9.17) is 5.11 Å². The van der Waals surface area contributed by atoms with Crippen LogP contribution in [0.15, 0.2) is 47.5 Å². The number of aromatic amines is 1. The Balaban J connectivity index is 1.46. The summed E-state index contributed by atoms with van der Waals surface area (Å²) in [6, 6.07) is 10.4. The number of aliphatic hydroxyl groups excluding tert-OH is 2. The maximum Gasteiger partial charge on any atom is 0.190 e.